The lowest BCUT2D eigenvalue weighted by molar-refractivity contribution is -0.153. The van der Waals surface area contributed by atoms with Gasteiger partial charge in [0.15, 0.2) is 0 Å². The summed E-state index contributed by atoms with van der Waals surface area (Å²) in [5.74, 6) is -0.0977. The maximum atomic E-state index is 11.5. The molecule has 88 valence electrons. The summed E-state index contributed by atoms with van der Waals surface area (Å²) in [4.78, 5) is 13.8. The summed E-state index contributed by atoms with van der Waals surface area (Å²) < 4.78 is 5.23. The molecule has 0 saturated carbocycles. The second kappa shape index (κ2) is 5.50. The molecule has 0 atom stereocenters. The van der Waals surface area contributed by atoms with Gasteiger partial charge in [0, 0.05) is 6.54 Å². The van der Waals surface area contributed by atoms with Crippen LogP contribution in [0.2, 0.25) is 0 Å². The Morgan fingerprint density at radius 1 is 1.20 bits per heavy atom. The van der Waals surface area contributed by atoms with E-state index in [-0.39, 0.29) is 11.4 Å². The quantitative estimate of drug-likeness (QED) is 0.672. The highest BCUT2D eigenvalue weighted by Crippen LogP contribution is 2.15. The van der Waals surface area contributed by atoms with Gasteiger partial charge in [0.25, 0.3) is 0 Å². The molecule has 3 nitrogen and oxygen atoms in total. The van der Waals surface area contributed by atoms with Gasteiger partial charge in [-0.05, 0) is 46.7 Å². The smallest absolute Gasteiger partial charge is 0.311 e. The lowest BCUT2D eigenvalue weighted by Crippen LogP contribution is -2.34. The molecule has 0 aromatic heterocycles. The lowest BCUT2D eigenvalue weighted by Gasteiger charge is -2.26. The van der Waals surface area contributed by atoms with Crippen molar-refractivity contribution >= 4 is 5.97 Å². The Bertz CT molecular complexity index is 202. The second-order valence-corrected chi connectivity index (χ2v) is 5.29. The van der Waals surface area contributed by atoms with Crippen LogP contribution in [0.3, 0.4) is 0 Å². The van der Waals surface area contributed by atoms with Crippen LogP contribution >= 0.6 is 0 Å². The summed E-state index contributed by atoms with van der Waals surface area (Å²) in [6.07, 6.45) is 3.92. The Morgan fingerprint density at radius 2 is 1.80 bits per heavy atom. The fourth-order valence-corrected chi connectivity index (χ4v) is 1.67. The van der Waals surface area contributed by atoms with Crippen molar-refractivity contribution in [3.63, 3.8) is 0 Å². The van der Waals surface area contributed by atoms with Gasteiger partial charge in [0.05, 0.1) is 5.41 Å². The summed E-state index contributed by atoms with van der Waals surface area (Å²) in [7, 11) is 0. The average molecular weight is 213 g/mol. The number of ether oxygens (including phenoxy) is 1. The first-order valence-corrected chi connectivity index (χ1v) is 5.90. The zero-order valence-electron chi connectivity index (χ0n) is 10.2. The third-order valence-corrected chi connectivity index (χ3v) is 2.70. The molecule has 0 aromatic carbocycles. The molecular formula is C12H23NO2. The number of rotatable bonds is 3. The van der Waals surface area contributed by atoms with Crippen LogP contribution < -0.4 is 0 Å². The van der Waals surface area contributed by atoms with Gasteiger partial charge in [0.2, 0.25) is 0 Å². The van der Waals surface area contributed by atoms with Gasteiger partial charge in [-0.2, -0.15) is 0 Å². The monoisotopic (exact) mass is 213 g/mol. The number of piperidine rings is 1. The van der Waals surface area contributed by atoms with E-state index in [0.717, 1.165) is 19.6 Å². The molecule has 1 rings (SSSR count). The summed E-state index contributed by atoms with van der Waals surface area (Å²) >= 11 is 0. The molecule has 0 unspecified atom stereocenters. The van der Waals surface area contributed by atoms with E-state index in [9.17, 15) is 4.79 Å². The van der Waals surface area contributed by atoms with E-state index < -0.39 is 0 Å². The minimum absolute atomic E-state index is 0.0977. The molecule has 15 heavy (non-hydrogen) atoms. The minimum Gasteiger partial charge on any atom is -0.464 e. The number of hydrogen-bond acceptors (Lipinski definition) is 3. The highest BCUT2D eigenvalue weighted by molar-refractivity contribution is 5.75. The van der Waals surface area contributed by atoms with E-state index in [2.05, 4.69) is 4.90 Å². The molecule has 1 aliphatic heterocycles. The first kappa shape index (κ1) is 12.5. The van der Waals surface area contributed by atoms with Crippen molar-refractivity contribution in [3.8, 4) is 0 Å². The Labute approximate surface area is 92.8 Å². The van der Waals surface area contributed by atoms with Crippen molar-refractivity contribution in [1.29, 1.82) is 0 Å². The third-order valence-electron chi connectivity index (χ3n) is 2.70. The first-order valence-electron chi connectivity index (χ1n) is 5.90. The number of carbonyl (C=O) groups excluding carboxylic acids is 1. The topological polar surface area (TPSA) is 29.5 Å². The molecule has 1 heterocycles. The number of hydrogen-bond donors (Lipinski definition) is 0. The van der Waals surface area contributed by atoms with Crippen molar-refractivity contribution < 1.29 is 9.53 Å². The average Bonchev–Trinajstić information content (AvgIpc) is 2.18. The van der Waals surface area contributed by atoms with E-state index in [0.29, 0.717) is 6.61 Å². The van der Waals surface area contributed by atoms with Crippen LogP contribution in [0.25, 0.3) is 0 Å². The highest BCUT2D eigenvalue weighted by atomic mass is 16.5. The van der Waals surface area contributed by atoms with Gasteiger partial charge in [-0.1, -0.05) is 6.42 Å². The Morgan fingerprint density at radius 3 is 2.33 bits per heavy atom. The van der Waals surface area contributed by atoms with Crippen molar-refractivity contribution in [2.24, 2.45) is 5.41 Å². The molecule has 3 heteroatoms. The van der Waals surface area contributed by atoms with Crippen LogP contribution in [0, 0.1) is 5.41 Å². The molecule has 0 aromatic rings. The fourth-order valence-electron chi connectivity index (χ4n) is 1.67. The first-order chi connectivity index (χ1) is 7.00. The summed E-state index contributed by atoms with van der Waals surface area (Å²) in [5.41, 5.74) is -0.373. The molecular weight excluding hydrogens is 190 g/mol. The lowest BCUT2D eigenvalue weighted by atomic mass is 9.97. The van der Waals surface area contributed by atoms with Gasteiger partial charge in [-0.25, -0.2) is 0 Å². The van der Waals surface area contributed by atoms with Gasteiger partial charge in [-0.3, -0.25) is 9.69 Å². The maximum absolute atomic E-state index is 11.5. The third kappa shape index (κ3) is 4.65. The standard InChI is InChI=1S/C12H23NO2/c1-12(2,3)11(14)15-10-9-13-7-5-4-6-8-13/h4-10H2,1-3H3. The summed E-state index contributed by atoms with van der Waals surface area (Å²) in [6.45, 7) is 9.40. The fraction of sp³-hybridized carbons (Fsp3) is 0.917. The van der Waals surface area contributed by atoms with E-state index in [1.54, 1.807) is 0 Å². The van der Waals surface area contributed by atoms with Crippen molar-refractivity contribution in [3.05, 3.63) is 0 Å². The molecule has 0 spiro atoms. The second-order valence-electron chi connectivity index (χ2n) is 5.29. The van der Waals surface area contributed by atoms with Crippen LogP contribution in [-0.4, -0.2) is 37.1 Å². The largest absolute Gasteiger partial charge is 0.464 e. The van der Waals surface area contributed by atoms with E-state index in [1.807, 2.05) is 20.8 Å². The number of nitrogens with zero attached hydrogens (tertiary/aromatic N) is 1. The Hall–Kier alpha value is -0.570. The van der Waals surface area contributed by atoms with Gasteiger partial charge in [-0.15, -0.1) is 0 Å². The molecule has 1 fully saturated rings. The number of carbonyl (C=O) groups is 1. The van der Waals surface area contributed by atoms with E-state index >= 15 is 0 Å². The van der Waals surface area contributed by atoms with Gasteiger partial charge >= 0.3 is 5.97 Å². The molecule has 0 radical (unpaired) electrons. The SMILES string of the molecule is CC(C)(C)C(=O)OCCN1CCCCC1. The van der Waals surface area contributed by atoms with Crippen LogP contribution in [0.1, 0.15) is 40.0 Å². The van der Waals surface area contributed by atoms with Crippen molar-refractivity contribution in [1.82, 2.24) is 4.90 Å². The van der Waals surface area contributed by atoms with E-state index in [4.69, 9.17) is 4.74 Å². The zero-order valence-corrected chi connectivity index (χ0v) is 10.2. The molecule has 0 amide bonds. The number of esters is 1. The normalized spacial score (nSPS) is 18.9. The molecule has 0 aliphatic carbocycles. The van der Waals surface area contributed by atoms with Crippen LogP contribution in [0.15, 0.2) is 0 Å². The minimum atomic E-state index is -0.373. The summed E-state index contributed by atoms with van der Waals surface area (Å²) in [5, 5.41) is 0. The predicted octanol–water partition coefficient (Wildman–Crippen LogP) is 2.06. The Balaban J connectivity index is 2.12. The van der Waals surface area contributed by atoms with Crippen molar-refractivity contribution in [2.45, 2.75) is 40.0 Å². The molecule has 0 N–H and O–H groups in total. The molecule has 0 bridgehead atoms. The molecule has 1 aliphatic rings. The van der Waals surface area contributed by atoms with E-state index in [1.165, 1.54) is 19.3 Å². The van der Waals surface area contributed by atoms with Crippen LogP contribution in [0.4, 0.5) is 0 Å². The number of likely N-dealkylation sites (tertiary alicyclic amines) is 1. The Kier molecular flexibility index (Phi) is 4.58. The van der Waals surface area contributed by atoms with Crippen LogP contribution in [0.5, 0.6) is 0 Å². The van der Waals surface area contributed by atoms with Gasteiger partial charge in [0.1, 0.15) is 6.61 Å². The van der Waals surface area contributed by atoms with Crippen molar-refractivity contribution in [2.75, 3.05) is 26.2 Å². The zero-order chi connectivity index (χ0) is 11.3. The maximum Gasteiger partial charge on any atom is 0.311 e. The van der Waals surface area contributed by atoms with Crippen LogP contribution in [-0.2, 0) is 9.53 Å². The predicted molar refractivity (Wildman–Crippen MR) is 60.7 cm³/mol. The van der Waals surface area contributed by atoms with Gasteiger partial charge < -0.3 is 4.74 Å². The highest BCUT2D eigenvalue weighted by Gasteiger charge is 2.23. The molecule has 1 saturated heterocycles. The summed E-state index contributed by atoms with van der Waals surface area (Å²) in [6, 6.07) is 0.